The van der Waals surface area contributed by atoms with Gasteiger partial charge in [-0.05, 0) is 24.3 Å². The van der Waals surface area contributed by atoms with E-state index in [2.05, 4.69) is 22.4 Å². The first-order chi connectivity index (χ1) is 12.6. The fraction of sp³-hybridized carbons (Fsp3) is 0.105. The average molecular weight is 372 g/mol. The summed E-state index contributed by atoms with van der Waals surface area (Å²) in [6, 6.07) is 14.0. The summed E-state index contributed by atoms with van der Waals surface area (Å²) in [6.45, 7) is 3.95. The molecule has 0 aliphatic rings. The molecule has 0 heterocycles. The summed E-state index contributed by atoms with van der Waals surface area (Å²) >= 11 is 5.95. The van der Waals surface area contributed by atoms with Crippen molar-refractivity contribution < 1.29 is 14.3 Å². The molecule has 0 aromatic heterocycles. The molecule has 0 saturated carbocycles. The average Bonchev–Trinajstić information content (AvgIpc) is 2.62. The molecular weight excluding hydrogens is 354 g/mol. The Bertz CT molecular complexity index is 821. The van der Waals surface area contributed by atoms with Crippen LogP contribution in [-0.4, -0.2) is 24.6 Å². The van der Waals surface area contributed by atoms with E-state index in [0.717, 1.165) is 0 Å². The number of amides is 2. The van der Waals surface area contributed by atoms with Gasteiger partial charge in [0.25, 0.3) is 0 Å². The molecule has 0 radical (unpaired) electrons. The molecule has 2 amide bonds. The number of carbonyl (C=O) groups excluding carboxylic acids is 2. The molecule has 0 bridgehead atoms. The van der Waals surface area contributed by atoms with Gasteiger partial charge in [-0.15, -0.1) is 0 Å². The molecule has 2 rings (SSSR count). The second kappa shape index (κ2) is 10.0. The van der Waals surface area contributed by atoms with Gasteiger partial charge in [0.15, 0.2) is 0 Å². The lowest BCUT2D eigenvalue weighted by Crippen LogP contribution is -2.24. The fourth-order valence-corrected chi connectivity index (χ4v) is 2.17. The maximum atomic E-state index is 11.9. The Morgan fingerprint density at radius 1 is 1.12 bits per heavy atom. The molecule has 0 unspecified atom stereocenters. The minimum absolute atomic E-state index is 0.361. The fourth-order valence-electron chi connectivity index (χ4n) is 1.98. The van der Waals surface area contributed by atoms with Crippen molar-refractivity contribution in [3.8, 4) is 5.75 Å². The lowest BCUT2D eigenvalue weighted by molar-refractivity contribution is -0.126. The Morgan fingerprint density at radius 3 is 2.62 bits per heavy atom. The SMILES string of the molecule is C=CCOc1ccccc1C=NNC(=O)CC(=O)Nc1ccccc1Cl. The third kappa shape index (κ3) is 6.07. The molecule has 2 aromatic carbocycles. The van der Waals surface area contributed by atoms with Gasteiger partial charge in [0.2, 0.25) is 11.8 Å². The maximum Gasteiger partial charge on any atom is 0.249 e. The number of nitrogens with zero attached hydrogens (tertiary/aromatic N) is 1. The highest BCUT2D eigenvalue weighted by molar-refractivity contribution is 6.33. The Balaban J connectivity index is 1.86. The van der Waals surface area contributed by atoms with Gasteiger partial charge < -0.3 is 10.1 Å². The topological polar surface area (TPSA) is 79.8 Å². The van der Waals surface area contributed by atoms with Crippen LogP contribution >= 0.6 is 11.6 Å². The van der Waals surface area contributed by atoms with E-state index in [9.17, 15) is 9.59 Å². The van der Waals surface area contributed by atoms with Crippen molar-refractivity contribution in [1.82, 2.24) is 5.43 Å². The summed E-state index contributed by atoms with van der Waals surface area (Å²) in [4.78, 5) is 23.7. The lowest BCUT2D eigenvalue weighted by Gasteiger charge is -2.07. The zero-order chi connectivity index (χ0) is 18.8. The second-order valence-electron chi connectivity index (χ2n) is 5.14. The van der Waals surface area contributed by atoms with Crippen molar-refractivity contribution in [2.24, 2.45) is 5.10 Å². The summed E-state index contributed by atoms with van der Waals surface area (Å²) < 4.78 is 5.49. The number of ether oxygens (including phenoxy) is 1. The summed E-state index contributed by atoms with van der Waals surface area (Å²) in [7, 11) is 0. The monoisotopic (exact) mass is 371 g/mol. The number of hydrogen-bond donors (Lipinski definition) is 2. The van der Waals surface area contributed by atoms with E-state index in [1.807, 2.05) is 12.1 Å². The first kappa shape index (κ1) is 19.2. The number of rotatable bonds is 8. The Kier molecular flexibility index (Phi) is 7.39. The predicted octanol–water partition coefficient (Wildman–Crippen LogP) is 3.38. The number of hydrazone groups is 1. The number of para-hydroxylation sites is 2. The molecule has 0 fully saturated rings. The minimum Gasteiger partial charge on any atom is -0.489 e. The van der Waals surface area contributed by atoms with Gasteiger partial charge in [-0.3, -0.25) is 9.59 Å². The van der Waals surface area contributed by atoms with Crippen LogP contribution < -0.4 is 15.5 Å². The van der Waals surface area contributed by atoms with Gasteiger partial charge in [0.05, 0.1) is 16.9 Å². The van der Waals surface area contributed by atoms with Crippen LogP contribution in [0.5, 0.6) is 5.75 Å². The standard InChI is InChI=1S/C19H18ClN3O3/c1-2-11-26-17-10-6-3-7-14(17)13-21-23-19(25)12-18(24)22-16-9-5-4-8-15(16)20/h2-10,13H,1,11-12H2,(H,22,24)(H,23,25). The highest BCUT2D eigenvalue weighted by atomic mass is 35.5. The number of nitrogens with one attached hydrogen (secondary N) is 2. The summed E-state index contributed by atoms with van der Waals surface area (Å²) in [5.74, 6) is -0.419. The molecule has 7 heteroatoms. The normalized spacial score (nSPS) is 10.3. The van der Waals surface area contributed by atoms with E-state index in [1.54, 1.807) is 42.5 Å². The third-order valence-corrected chi connectivity index (χ3v) is 3.47. The highest BCUT2D eigenvalue weighted by Gasteiger charge is 2.10. The summed E-state index contributed by atoms with van der Waals surface area (Å²) in [5, 5.41) is 6.82. The van der Waals surface area contributed by atoms with Crippen LogP contribution in [0.2, 0.25) is 5.02 Å². The number of halogens is 1. The molecule has 0 saturated heterocycles. The van der Waals surface area contributed by atoms with Gasteiger partial charge in [-0.1, -0.05) is 48.5 Å². The van der Waals surface area contributed by atoms with E-state index in [1.165, 1.54) is 6.21 Å². The van der Waals surface area contributed by atoms with Crippen molar-refractivity contribution >= 4 is 35.3 Å². The number of hydrogen-bond acceptors (Lipinski definition) is 4. The van der Waals surface area contributed by atoms with E-state index >= 15 is 0 Å². The van der Waals surface area contributed by atoms with Crippen LogP contribution in [0.4, 0.5) is 5.69 Å². The largest absolute Gasteiger partial charge is 0.489 e. The highest BCUT2D eigenvalue weighted by Crippen LogP contribution is 2.20. The Labute approximate surface area is 156 Å². The van der Waals surface area contributed by atoms with Crippen LogP contribution in [0, 0.1) is 0 Å². The molecule has 2 N–H and O–H groups in total. The van der Waals surface area contributed by atoms with E-state index in [4.69, 9.17) is 16.3 Å². The smallest absolute Gasteiger partial charge is 0.249 e. The van der Waals surface area contributed by atoms with Crippen LogP contribution in [0.15, 0.2) is 66.3 Å². The maximum absolute atomic E-state index is 11.9. The summed E-state index contributed by atoms with van der Waals surface area (Å²) in [5.41, 5.74) is 3.44. The first-order valence-corrected chi connectivity index (χ1v) is 8.17. The molecule has 0 aliphatic carbocycles. The van der Waals surface area contributed by atoms with Crippen LogP contribution in [0.1, 0.15) is 12.0 Å². The van der Waals surface area contributed by atoms with E-state index in [-0.39, 0.29) is 6.42 Å². The van der Waals surface area contributed by atoms with Gasteiger partial charge in [0, 0.05) is 5.56 Å². The van der Waals surface area contributed by atoms with Crippen molar-refractivity contribution in [1.29, 1.82) is 0 Å². The van der Waals surface area contributed by atoms with Gasteiger partial charge >= 0.3 is 0 Å². The van der Waals surface area contributed by atoms with Crippen LogP contribution in [0.25, 0.3) is 0 Å². The van der Waals surface area contributed by atoms with Crippen molar-refractivity contribution in [2.75, 3.05) is 11.9 Å². The predicted molar refractivity (Wildman–Crippen MR) is 103 cm³/mol. The first-order valence-electron chi connectivity index (χ1n) is 7.79. The van der Waals surface area contributed by atoms with Gasteiger partial charge in [-0.2, -0.15) is 5.10 Å². The molecule has 2 aromatic rings. The Morgan fingerprint density at radius 2 is 1.85 bits per heavy atom. The zero-order valence-electron chi connectivity index (χ0n) is 13.9. The molecule has 0 atom stereocenters. The van der Waals surface area contributed by atoms with Crippen LogP contribution in [-0.2, 0) is 9.59 Å². The second-order valence-corrected chi connectivity index (χ2v) is 5.54. The van der Waals surface area contributed by atoms with Gasteiger partial charge in [0.1, 0.15) is 18.8 Å². The molecular formula is C19H18ClN3O3. The van der Waals surface area contributed by atoms with Crippen LogP contribution in [0.3, 0.4) is 0 Å². The molecule has 26 heavy (non-hydrogen) atoms. The summed E-state index contributed by atoms with van der Waals surface area (Å²) in [6.07, 6.45) is 2.70. The van der Waals surface area contributed by atoms with E-state index < -0.39 is 11.8 Å². The number of benzene rings is 2. The lowest BCUT2D eigenvalue weighted by atomic mass is 10.2. The molecule has 0 spiro atoms. The molecule has 0 aliphatic heterocycles. The molecule has 6 nitrogen and oxygen atoms in total. The number of carbonyl (C=O) groups is 2. The zero-order valence-corrected chi connectivity index (χ0v) is 14.7. The minimum atomic E-state index is -0.546. The van der Waals surface area contributed by atoms with Gasteiger partial charge in [-0.25, -0.2) is 5.43 Å². The number of anilines is 1. The Hall–Kier alpha value is -3.12. The van der Waals surface area contributed by atoms with Crippen molar-refractivity contribution in [3.63, 3.8) is 0 Å². The van der Waals surface area contributed by atoms with E-state index in [0.29, 0.717) is 28.6 Å². The quantitative estimate of drug-likeness (QED) is 0.323. The molecule has 134 valence electrons. The van der Waals surface area contributed by atoms with Crippen molar-refractivity contribution in [2.45, 2.75) is 6.42 Å². The third-order valence-electron chi connectivity index (χ3n) is 3.14. The van der Waals surface area contributed by atoms with Crippen molar-refractivity contribution in [3.05, 3.63) is 71.8 Å².